The van der Waals surface area contributed by atoms with E-state index in [1.54, 1.807) is 11.3 Å². The molecule has 0 bridgehead atoms. The van der Waals surface area contributed by atoms with E-state index in [1.165, 1.54) is 32.1 Å². The molecule has 5 nitrogen and oxygen atoms in total. The summed E-state index contributed by atoms with van der Waals surface area (Å²) in [5.41, 5.74) is 1.90. The van der Waals surface area contributed by atoms with Crippen molar-refractivity contribution in [3.63, 3.8) is 0 Å². The highest BCUT2D eigenvalue weighted by Gasteiger charge is 2.40. The van der Waals surface area contributed by atoms with Crippen molar-refractivity contribution in [2.45, 2.75) is 51.1 Å². The Labute approximate surface area is 145 Å². The third kappa shape index (κ3) is 2.16. The van der Waals surface area contributed by atoms with Crippen molar-refractivity contribution in [1.29, 1.82) is 0 Å². The highest BCUT2D eigenvalue weighted by molar-refractivity contribution is 7.08. The number of hydrogen-bond acceptors (Lipinski definition) is 5. The summed E-state index contributed by atoms with van der Waals surface area (Å²) in [6.45, 7) is 2.34. The van der Waals surface area contributed by atoms with Crippen LogP contribution in [0.3, 0.4) is 0 Å². The normalized spacial score (nSPS) is 26.9. The van der Waals surface area contributed by atoms with Crippen LogP contribution in [0.4, 0.5) is 5.82 Å². The number of aromatic nitrogens is 4. The monoisotopic (exact) mass is 339 g/mol. The summed E-state index contributed by atoms with van der Waals surface area (Å²) in [6, 6.07) is 7.46. The van der Waals surface area contributed by atoms with Gasteiger partial charge in [-0.1, -0.05) is 12.8 Å². The molecule has 0 aromatic carbocycles. The van der Waals surface area contributed by atoms with E-state index in [9.17, 15) is 0 Å². The molecule has 1 saturated heterocycles. The van der Waals surface area contributed by atoms with Crippen molar-refractivity contribution < 1.29 is 0 Å². The SMILES string of the molecule is CC1CC2CCCCC2N1c1ccc2nnc(-c3ccsc3)n2n1. The summed E-state index contributed by atoms with van der Waals surface area (Å²) >= 11 is 1.67. The van der Waals surface area contributed by atoms with Gasteiger partial charge >= 0.3 is 0 Å². The molecule has 3 atom stereocenters. The summed E-state index contributed by atoms with van der Waals surface area (Å²) < 4.78 is 1.90. The molecule has 1 aliphatic heterocycles. The Bertz CT molecular complexity index is 856. The maximum atomic E-state index is 4.94. The lowest BCUT2D eigenvalue weighted by molar-refractivity contribution is 0.341. The predicted octanol–water partition coefficient (Wildman–Crippen LogP) is 4.01. The standard InChI is InChI=1S/C18H21N5S/c1-12-10-13-4-2-3-5-15(13)22(12)17-7-6-16-19-20-18(23(16)21-17)14-8-9-24-11-14/h6-9,11-13,15H,2-5,10H2,1H3. The molecular weight excluding hydrogens is 318 g/mol. The molecule has 3 aromatic rings. The Morgan fingerprint density at radius 3 is 2.92 bits per heavy atom. The van der Waals surface area contributed by atoms with Crippen molar-refractivity contribution in [3.8, 4) is 11.4 Å². The molecule has 0 radical (unpaired) electrons. The zero-order valence-electron chi connectivity index (χ0n) is 13.8. The van der Waals surface area contributed by atoms with Crippen LogP contribution in [-0.2, 0) is 0 Å². The van der Waals surface area contributed by atoms with E-state index in [1.807, 2.05) is 10.6 Å². The molecule has 124 valence electrons. The van der Waals surface area contributed by atoms with Crippen molar-refractivity contribution in [2.75, 3.05) is 4.90 Å². The van der Waals surface area contributed by atoms with E-state index in [2.05, 4.69) is 44.9 Å². The van der Waals surface area contributed by atoms with Gasteiger partial charge in [0, 0.05) is 23.0 Å². The second-order valence-corrected chi connectivity index (χ2v) is 7.88. The molecule has 0 N–H and O–H groups in total. The first-order chi connectivity index (χ1) is 11.8. The first-order valence-corrected chi connectivity index (χ1v) is 9.79. The molecule has 0 spiro atoms. The van der Waals surface area contributed by atoms with Gasteiger partial charge in [0.1, 0.15) is 5.82 Å². The van der Waals surface area contributed by atoms with Crippen LogP contribution < -0.4 is 4.90 Å². The molecule has 1 aliphatic carbocycles. The van der Waals surface area contributed by atoms with E-state index in [0.717, 1.165) is 28.8 Å². The molecule has 3 unspecified atom stereocenters. The van der Waals surface area contributed by atoms with Crippen LogP contribution in [0.25, 0.3) is 17.0 Å². The van der Waals surface area contributed by atoms with E-state index in [4.69, 9.17) is 5.10 Å². The molecule has 6 heteroatoms. The first-order valence-electron chi connectivity index (χ1n) is 8.84. The van der Waals surface area contributed by atoms with Gasteiger partial charge in [0.2, 0.25) is 0 Å². The van der Waals surface area contributed by atoms with E-state index >= 15 is 0 Å². The van der Waals surface area contributed by atoms with Crippen LogP contribution in [0.15, 0.2) is 29.0 Å². The summed E-state index contributed by atoms with van der Waals surface area (Å²) in [7, 11) is 0. The third-order valence-electron chi connectivity index (χ3n) is 5.64. The highest BCUT2D eigenvalue weighted by Crippen LogP contribution is 2.41. The summed E-state index contributed by atoms with van der Waals surface area (Å²) in [4.78, 5) is 2.56. The Hall–Kier alpha value is -1.95. The van der Waals surface area contributed by atoms with Crippen LogP contribution in [0, 0.1) is 5.92 Å². The number of anilines is 1. The highest BCUT2D eigenvalue weighted by atomic mass is 32.1. The molecule has 5 rings (SSSR count). The Morgan fingerprint density at radius 1 is 1.12 bits per heavy atom. The average Bonchev–Trinajstić information content (AvgIpc) is 3.31. The molecule has 4 heterocycles. The van der Waals surface area contributed by atoms with Crippen LogP contribution >= 0.6 is 11.3 Å². The minimum Gasteiger partial charge on any atom is -0.349 e. The molecule has 1 saturated carbocycles. The van der Waals surface area contributed by atoms with Gasteiger partial charge < -0.3 is 4.90 Å². The van der Waals surface area contributed by atoms with Gasteiger partial charge in [0.05, 0.1) is 0 Å². The van der Waals surface area contributed by atoms with Crippen molar-refractivity contribution in [2.24, 2.45) is 5.92 Å². The third-order valence-corrected chi connectivity index (χ3v) is 6.32. The average molecular weight is 339 g/mol. The number of nitrogens with zero attached hydrogens (tertiary/aromatic N) is 5. The zero-order valence-corrected chi connectivity index (χ0v) is 14.6. The Morgan fingerprint density at radius 2 is 2.04 bits per heavy atom. The smallest absolute Gasteiger partial charge is 0.186 e. The van der Waals surface area contributed by atoms with Gasteiger partial charge in [-0.2, -0.15) is 15.9 Å². The fourth-order valence-electron chi connectivity index (χ4n) is 4.59. The maximum absolute atomic E-state index is 4.94. The van der Waals surface area contributed by atoms with Gasteiger partial charge in [0.25, 0.3) is 0 Å². The second-order valence-electron chi connectivity index (χ2n) is 7.10. The maximum Gasteiger partial charge on any atom is 0.186 e. The quantitative estimate of drug-likeness (QED) is 0.708. The number of fused-ring (bicyclic) bond motifs is 2. The largest absolute Gasteiger partial charge is 0.349 e. The zero-order chi connectivity index (χ0) is 16.1. The van der Waals surface area contributed by atoms with Gasteiger partial charge in [-0.15, -0.1) is 15.3 Å². The van der Waals surface area contributed by atoms with Crippen LogP contribution in [0.1, 0.15) is 39.0 Å². The van der Waals surface area contributed by atoms with Gasteiger partial charge in [-0.25, -0.2) is 0 Å². The van der Waals surface area contributed by atoms with Crippen LogP contribution in [0.2, 0.25) is 0 Å². The molecule has 0 amide bonds. The lowest BCUT2D eigenvalue weighted by Crippen LogP contribution is -2.38. The molecule has 2 fully saturated rings. The minimum absolute atomic E-state index is 0.559. The fraction of sp³-hybridized carbons (Fsp3) is 0.500. The molecule has 2 aliphatic rings. The summed E-state index contributed by atoms with van der Waals surface area (Å²) in [6.07, 6.45) is 6.71. The summed E-state index contributed by atoms with van der Waals surface area (Å²) in [5.74, 6) is 2.74. The van der Waals surface area contributed by atoms with Crippen molar-refractivity contribution in [1.82, 2.24) is 19.8 Å². The summed E-state index contributed by atoms with van der Waals surface area (Å²) in [5, 5.41) is 17.7. The number of thiophene rings is 1. The number of rotatable bonds is 2. The van der Waals surface area contributed by atoms with Gasteiger partial charge in [-0.05, 0) is 55.7 Å². The van der Waals surface area contributed by atoms with Crippen LogP contribution in [-0.4, -0.2) is 31.9 Å². The fourth-order valence-corrected chi connectivity index (χ4v) is 5.23. The second kappa shape index (κ2) is 5.55. The Balaban J connectivity index is 1.58. The predicted molar refractivity (Wildman–Crippen MR) is 96.4 cm³/mol. The Kier molecular flexibility index (Phi) is 3.33. The van der Waals surface area contributed by atoms with Gasteiger partial charge in [0.15, 0.2) is 11.5 Å². The molecule has 3 aromatic heterocycles. The van der Waals surface area contributed by atoms with Crippen LogP contribution in [0.5, 0.6) is 0 Å². The van der Waals surface area contributed by atoms with E-state index in [-0.39, 0.29) is 0 Å². The van der Waals surface area contributed by atoms with Crippen molar-refractivity contribution in [3.05, 3.63) is 29.0 Å². The minimum atomic E-state index is 0.559. The lowest BCUT2D eigenvalue weighted by Gasteiger charge is -2.34. The molecular formula is C18H21N5S. The number of hydrogen-bond donors (Lipinski definition) is 0. The van der Waals surface area contributed by atoms with Crippen molar-refractivity contribution >= 4 is 22.8 Å². The molecule has 24 heavy (non-hydrogen) atoms. The lowest BCUT2D eigenvalue weighted by atomic mass is 9.85. The van der Waals surface area contributed by atoms with Gasteiger partial charge in [-0.3, -0.25) is 0 Å². The first kappa shape index (κ1) is 14.4. The van der Waals surface area contributed by atoms with E-state index in [0.29, 0.717) is 12.1 Å². The topological polar surface area (TPSA) is 46.3 Å². The van der Waals surface area contributed by atoms with E-state index < -0.39 is 0 Å².